The van der Waals surface area contributed by atoms with Gasteiger partial charge in [0.1, 0.15) is 5.38 Å². The first-order chi connectivity index (χ1) is 8.21. The molecule has 1 atom stereocenters. The van der Waals surface area contributed by atoms with Crippen LogP contribution in [0.5, 0.6) is 0 Å². The molecule has 0 spiro atoms. The predicted octanol–water partition coefficient (Wildman–Crippen LogP) is 1.77. The molecule has 0 bridgehead atoms. The summed E-state index contributed by atoms with van der Waals surface area (Å²) < 4.78 is 0. The maximum atomic E-state index is 11.8. The highest BCUT2D eigenvalue weighted by atomic mass is 35.5. The molecule has 104 valence electrons. The molecule has 2 amide bonds. The number of amides is 2. The van der Waals surface area contributed by atoms with Crippen LogP contribution in [0.25, 0.3) is 0 Å². The third-order valence-corrected chi connectivity index (χ3v) is 3.35. The quantitative estimate of drug-likeness (QED) is 0.780. The fourth-order valence-electron chi connectivity index (χ4n) is 1.90. The molecule has 0 radical (unpaired) electrons. The Morgan fingerprint density at radius 2 is 1.78 bits per heavy atom. The normalized spacial score (nSPS) is 19.5. The number of piperidine rings is 1. The van der Waals surface area contributed by atoms with E-state index in [0.29, 0.717) is 13.1 Å². The smallest absolute Gasteiger partial charge is 0.240 e. The van der Waals surface area contributed by atoms with Crippen molar-refractivity contribution in [3.8, 4) is 0 Å². The molecule has 0 saturated carbocycles. The average Bonchev–Trinajstić information content (AvgIpc) is 2.27. The van der Waals surface area contributed by atoms with Gasteiger partial charge in [-0.05, 0) is 19.8 Å². The third kappa shape index (κ3) is 4.16. The van der Waals surface area contributed by atoms with Crippen molar-refractivity contribution < 1.29 is 9.59 Å². The molecule has 1 unspecified atom stereocenters. The van der Waals surface area contributed by atoms with E-state index in [1.165, 1.54) is 0 Å². The second-order valence-corrected chi connectivity index (χ2v) is 6.59. The van der Waals surface area contributed by atoms with Crippen LogP contribution in [0, 0.1) is 5.41 Å². The van der Waals surface area contributed by atoms with Crippen LogP contribution < -0.4 is 5.32 Å². The van der Waals surface area contributed by atoms with Crippen molar-refractivity contribution in [1.29, 1.82) is 0 Å². The van der Waals surface area contributed by atoms with Crippen LogP contribution in [0.2, 0.25) is 0 Å². The number of carbonyl (C=O) groups is 2. The first-order valence-corrected chi connectivity index (χ1v) is 6.89. The van der Waals surface area contributed by atoms with Crippen LogP contribution in [0.3, 0.4) is 0 Å². The molecule has 1 fully saturated rings. The van der Waals surface area contributed by atoms with Crippen molar-refractivity contribution in [1.82, 2.24) is 10.2 Å². The lowest BCUT2D eigenvalue weighted by atomic mass is 9.94. The third-order valence-electron chi connectivity index (χ3n) is 3.16. The van der Waals surface area contributed by atoms with E-state index in [-0.39, 0.29) is 23.3 Å². The van der Waals surface area contributed by atoms with Crippen molar-refractivity contribution in [2.75, 3.05) is 13.1 Å². The number of carbonyl (C=O) groups excluding carboxylic acids is 2. The van der Waals surface area contributed by atoms with Gasteiger partial charge in [-0.1, -0.05) is 20.8 Å². The zero-order valence-electron chi connectivity index (χ0n) is 11.6. The van der Waals surface area contributed by atoms with Crippen LogP contribution in [-0.2, 0) is 9.59 Å². The van der Waals surface area contributed by atoms with Crippen molar-refractivity contribution in [3.05, 3.63) is 0 Å². The Labute approximate surface area is 114 Å². The van der Waals surface area contributed by atoms with Gasteiger partial charge in [0.05, 0.1) is 0 Å². The van der Waals surface area contributed by atoms with Crippen molar-refractivity contribution in [2.45, 2.75) is 52.0 Å². The fourth-order valence-corrected chi connectivity index (χ4v) is 2.04. The summed E-state index contributed by atoms with van der Waals surface area (Å²) in [5.74, 6) is 0.0512. The molecular formula is C13H23ClN2O2. The van der Waals surface area contributed by atoms with E-state index < -0.39 is 5.38 Å². The predicted molar refractivity (Wildman–Crippen MR) is 72.5 cm³/mol. The standard InChI is InChI=1S/C13H23ClN2O2/c1-9(14)11(17)16-7-5-10(6-8-16)15-12(18)13(2,3)4/h9-10H,5-8H2,1-4H3,(H,15,18). The van der Waals surface area contributed by atoms with Gasteiger partial charge in [0, 0.05) is 24.5 Å². The van der Waals surface area contributed by atoms with E-state index in [1.807, 2.05) is 20.8 Å². The summed E-state index contributed by atoms with van der Waals surface area (Å²) in [6.07, 6.45) is 1.61. The molecule has 1 aliphatic rings. The van der Waals surface area contributed by atoms with E-state index in [1.54, 1.807) is 11.8 Å². The maximum Gasteiger partial charge on any atom is 0.240 e. The van der Waals surface area contributed by atoms with Crippen LogP contribution in [0.4, 0.5) is 0 Å². The van der Waals surface area contributed by atoms with E-state index >= 15 is 0 Å². The van der Waals surface area contributed by atoms with Gasteiger partial charge in [0.25, 0.3) is 0 Å². The van der Waals surface area contributed by atoms with Crippen molar-refractivity contribution in [3.63, 3.8) is 0 Å². The van der Waals surface area contributed by atoms with Gasteiger partial charge in [0.15, 0.2) is 0 Å². The van der Waals surface area contributed by atoms with Gasteiger partial charge in [-0.25, -0.2) is 0 Å². The number of halogens is 1. The van der Waals surface area contributed by atoms with Crippen LogP contribution >= 0.6 is 11.6 Å². The Balaban J connectivity index is 2.41. The minimum absolute atomic E-state index is 0.0164. The number of rotatable bonds is 2. The molecule has 4 nitrogen and oxygen atoms in total. The topological polar surface area (TPSA) is 49.4 Å². The number of alkyl halides is 1. The number of nitrogens with zero attached hydrogens (tertiary/aromatic N) is 1. The molecule has 1 aliphatic heterocycles. The maximum absolute atomic E-state index is 11.8. The van der Waals surface area contributed by atoms with Gasteiger partial charge in [0.2, 0.25) is 11.8 Å². The first kappa shape index (κ1) is 15.3. The number of nitrogens with one attached hydrogen (secondary N) is 1. The second kappa shape index (κ2) is 5.91. The van der Waals surface area contributed by atoms with E-state index in [2.05, 4.69) is 5.32 Å². The Hall–Kier alpha value is -0.770. The largest absolute Gasteiger partial charge is 0.353 e. The van der Waals surface area contributed by atoms with Crippen LogP contribution in [-0.4, -0.2) is 41.2 Å². The minimum Gasteiger partial charge on any atom is -0.353 e. The van der Waals surface area contributed by atoms with E-state index in [4.69, 9.17) is 11.6 Å². The highest BCUT2D eigenvalue weighted by molar-refractivity contribution is 6.30. The molecule has 0 aliphatic carbocycles. The summed E-state index contributed by atoms with van der Waals surface area (Å²) in [6.45, 7) is 8.73. The molecule has 1 heterocycles. The Morgan fingerprint density at radius 3 is 2.17 bits per heavy atom. The molecule has 0 aromatic carbocycles. The highest BCUT2D eigenvalue weighted by Gasteiger charge is 2.28. The Morgan fingerprint density at radius 1 is 1.28 bits per heavy atom. The van der Waals surface area contributed by atoms with Crippen LogP contribution in [0.15, 0.2) is 0 Å². The van der Waals surface area contributed by atoms with E-state index in [9.17, 15) is 9.59 Å². The van der Waals surface area contributed by atoms with Gasteiger partial charge in [-0.2, -0.15) is 0 Å². The molecule has 5 heteroatoms. The molecule has 1 saturated heterocycles. The summed E-state index contributed by atoms with van der Waals surface area (Å²) in [6, 6.07) is 0.173. The molecule has 1 N–H and O–H groups in total. The lowest BCUT2D eigenvalue weighted by Crippen LogP contribution is -2.50. The zero-order valence-corrected chi connectivity index (χ0v) is 12.4. The SMILES string of the molecule is CC(Cl)C(=O)N1CCC(NC(=O)C(C)(C)C)CC1. The Kier molecular flexibility index (Phi) is 5.02. The number of hydrogen-bond donors (Lipinski definition) is 1. The highest BCUT2D eigenvalue weighted by Crippen LogP contribution is 2.17. The van der Waals surface area contributed by atoms with Gasteiger partial charge < -0.3 is 10.2 Å². The monoisotopic (exact) mass is 274 g/mol. The average molecular weight is 275 g/mol. The summed E-state index contributed by atoms with van der Waals surface area (Å²) in [7, 11) is 0. The first-order valence-electron chi connectivity index (χ1n) is 6.45. The fraction of sp³-hybridized carbons (Fsp3) is 0.846. The van der Waals surface area contributed by atoms with Crippen LogP contribution in [0.1, 0.15) is 40.5 Å². The Bertz CT molecular complexity index is 315. The van der Waals surface area contributed by atoms with Gasteiger partial charge in [-0.15, -0.1) is 11.6 Å². The molecule has 0 aromatic rings. The molecular weight excluding hydrogens is 252 g/mol. The summed E-state index contributed by atoms with van der Waals surface area (Å²) >= 11 is 5.78. The van der Waals surface area contributed by atoms with Gasteiger partial charge >= 0.3 is 0 Å². The summed E-state index contributed by atoms with van der Waals surface area (Å²) in [4.78, 5) is 25.3. The minimum atomic E-state index is -0.467. The van der Waals surface area contributed by atoms with Crippen molar-refractivity contribution >= 4 is 23.4 Å². The second-order valence-electron chi connectivity index (χ2n) is 5.94. The summed E-state index contributed by atoms with van der Waals surface area (Å²) in [5, 5.41) is 2.57. The molecule has 18 heavy (non-hydrogen) atoms. The lowest BCUT2D eigenvalue weighted by molar-refractivity contribution is -0.132. The summed E-state index contributed by atoms with van der Waals surface area (Å²) in [5.41, 5.74) is -0.363. The van der Waals surface area contributed by atoms with Crippen molar-refractivity contribution in [2.24, 2.45) is 5.41 Å². The lowest BCUT2D eigenvalue weighted by Gasteiger charge is -2.34. The number of hydrogen-bond acceptors (Lipinski definition) is 2. The molecule has 0 aromatic heterocycles. The van der Waals surface area contributed by atoms with E-state index in [0.717, 1.165) is 12.8 Å². The number of likely N-dealkylation sites (tertiary alicyclic amines) is 1. The molecule has 1 rings (SSSR count). The van der Waals surface area contributed by atoms with Gasteiger partial charge in [-0.3, -0.25) is 9.59 Å². The zero-order chi connectivity index (χ0) is 13.9.